The van der Waals surface area contributed by atoms with E-state index in [1.165, 1.54) is 4.90 Å². The van der Waals surface area contributed by atoms with E-state index in [9.17, 15) is 24.3 Å². The third-order valence-electron chi connectivity index (χ3n) is 5.55. The van der Waals surface area contributed by atoms with Crippen molar-refractivity contribution in [2.45, 2.75) is 32.3 Å². The number of hydrogen-bond acceptors (Lipinski definition) is 6. The number of likely N-dealkylation sites (N-methyl/N-ethyl adjacent to an activating group) is 1. The molecule has 0 aromatic heterocycles. The zero-order valence-corrected chi connectivity index (χ0v) is 19.5. The standard InChI is InChI=1S/C25H29N3O7/c1-2-27-13-14-28(23(30)22(27)29)25(33)26-21(24(31)32)20(35-16-19-11-7-4-8-12-19)17-34-15-18-9-5-3-6-10-18/h3-12,20-21H,2,13-17H2,1H3,(H,26,33)(H,31,32)/t20-,21?/m1/s1. The highest BCUT2D eigenvalue weighted by atomic mass is 16.5. The maximum atomic E-state index is 12.8. The van der Waals surface area contributed by atoms with Crippen LogP contribution in [-0.2, 0) is 37.1 Å². The van der Waals surface area contributed by atoms with Gasteiger partial charge in [-0.1, -0.05) is 60.7 Å². The van der Waals surface area contributed by atoms with Gasteiger partial charge in [0.2, 0.25) is 0 Å². The zero-order valence-electron chi connectivity index (χ0n) is 19.5. The molecule has 10 nitrogen and oxygen atoms in total. The van der Waals surface area contributed by atoms with Crippen LogP contribution < -0.4 is 5.32 Å². The molecule has 2 N–H and O–H groups in total. The van der Waals surface area contributed by atoms with Gasteiger partial charge in [0.25, 0.3) is 0 Å². The molecule has 1 aliphatic heterocycles. The molecule has 10 heteroatoms. The molecule has 4 amide bonds. The van der Waals surface area contributed by atoms with Gasteiger partial charge in [0.1, 0.15) is 6.10 Å². The molecule has 186 valence electrons. The fourth-order valence-electron chi connectivity index (χ4n) is 3.58. The van der Waals surface area contributed by atoms with Crippen LogP contribution in [0.3, 0.4) is 0 Å². The summed E-state index contributed by atoms with van der Waals surface area (Å²) in [5.74, 6) is -3.16. The molecular weight excluding hydrogens is 454 g/mol. The van der Waals surface area contributed by atoms with Crippen molar-refractivity contribution in [1.82, 2.24) is 15.1 Å². The van der Waals surface area contributed by atoms with Crippen molar-refractivity contribution in [1.29, 1.82) is 0 Å². The number of imide groups is 1. The van der Waals surface area contributed by atoms with E-state index in [1.54, 1.807) is 6.92 Å². The summed E-state index contributed by atoms with van der Waals surface area (Å²) >= 11 is 0. The molecule has 0 spiro atoms. The average molecular weight is 484 g/mol. The van der Waals surface area contributed by atoms with E-state index in [2.05, 4.69) is 5.32 Å². The highest BCUT2D eigenvalue weighted by Crippen LogP contribution is 2.12. The number of benzene rings is 2. The van der Waals surface area contributed by atoms with Gasteiger partial charge in [0.05, 0.1) is 19.8 Å². The molecule has 0 radical (unpaired) electrons. The summed E-state index contributed by atoms with van der Waals surface area (Å²) in [6, 6.07) is 16.0. The normalized spacial score (nSPS) is 15.6. The molecular formula is C25H29N3O7. The second-order valence-corrected chi connectivity index (χ2v) is 7.94. The van der Waals surface area contributed by atoms with E-state index in [-0.39, 0.29) is 32.9 Å². The number of carbonyl (C=O) groups excluding carboxylic acids is 3. The minimum atomic E-state index is -1.52. The van der Waals surface area contributed by atoms with Crippen LogP contribution in [0.2, 0.25) is 0 Å². The van der Waals surface area contributed by atoms with Crippen molar-refractivity contribution < 1.29 is 33.8 Å². The van der Waals surface area contributed by atoms with E-state index in [1.807, 2.05) is 60.7 Å². The van der Waals surface area contributed by atoms with Gasteiger partial charge >= 0.3 is 23.8 Å². The van der Waals surface area contributed by atoms with E-state index >= 15 is 0 Å². The fourth-order valence-corrected chi connectivity index (χ4v) is 3.58. The van der Waals surface area contributed by atoms with E-state index in [0.717, 1.165) is 16.0 Å². The fraction of sp³-hybridized carbons (Fsp3) is 0.360. The van der Waals surface area contributed by atoms with Crippen LogP contribution in [-0.4, -0.2) is 77.1 Å². The summed E-state index contributed by atoms with van der Waals surface area (Å²) < 4.78 is 11.6. The molecule has 1 heterocycles. The van der Waals surface area contributed by atoms with Gasteiger partial charge in [0.15, 0.2) is 6.04 Å². The number of carbonyl (C=O) groups is 4. The van der Waals surface area contributed by atoms with E-state index in [4.69, 9.17) is 9.47 Å². The first-order valence-corrected chi connectivity index (χ1v) is 11.3. The molecule has 1 aliphatic rings. The maximum Gasteiger partial charge on any atom is 0.329 e. The lowest BCUT2D eigenvalue weighted by Crippen LogP contribution is -2.61. The monoisotopic (exact) mass is 483 g/mol. The summed E-state index contributed by atoms with van der Waals surface area (Å²) in [6.07, 6.45) is -1.07. The molecule has 0 bridgehead atoms. The van der Waals surface area contributed by atoms with Crippen molar-refractivity contribution in [3.63, 3.8) is 0 Å². The predicted octanol–water partition coefficient (Wildman–Crippen LogP) is 1.64. The second-order valence-electron chi connectivity index (χ2n) is 7.94. The van der Waals surface area contributed by atoms with Crippen LogP contribution in [0.15, 0.2) is 60.7 Å². The lowest BCUT2D eigenvalue weighted by Gasteiger charge is -2.33. The van der Waals surface area contributed by atoms with Gasteiger partial charge in [0, 0.05) is 19.6 Å². The predicted molar refractivity (Wildman–Crippen MR) is 125 cm³/mol. The van der Waals surface area contributed by atoms with Crippen molar-refractivity contribution in [3.05, 3.63) is 71.8 Å². The molecule has 0 aliphatic carbocycles. The number of aliphatic carboxylic acids is 1. The summed E-state index contributed by atoms with van der Waals surface area (Å²) in [4.78, 5) is 51.5. The second kappa shape index (κ2) is 12.6. The van der Waals surface area contributed by atoms with E-state index < -0.39 is 36.0 Å². The van der Waals surface area contributed by atoms with Crippen molar-refractivity contribution in [2.24, 2.45) is 0 Å². The number of rotatable bonds is 11. The number of carboxylic acids is 1. The number of amides is 4. The molecule has 1 unspecified atom stereocenters. The Hall–Kier alpha value is -3.76. The Kier molecular flexibility index (Phi) is 9.33. The first-order valence-electron chi connectivity index (χ1n) is 11.3. The molecule has 2 atom stereocenters. The lowest BCUT2D eigenvalue weighted by atomic mass is 10.1. The van der Waals surface area contributed by atoms with Crippen molar-refractivity contribution in [2.75, 3.05) is 26.2 Å². The quantitative estimate of drug-likeness (QED) is 0.466. The number of piperazine rings is 1. The number of urea groups is 1. The Balaban J connectivity index is 1.70. The van der Waals surface area contributed by atoms with Gasteiger partial charge in [-0.05, 0) is 18.1 Å². The highest BCUT2D eigenvalue weighted by molar-refractivity contribution is 6.38. The number of hydrogen-bond donors (Lipinski definition) is 2. The maximum absolute atomic E-state index is 12.8. The van der Waals surface area contributed by atoms with Gasteiger partial charge in [-0.25, -0.2) is 9.59 Å². The topological polar surface area (TPSA) is 125 Å². The van der Waals surface area contributed by atoms with Gasteiger partial charge < -0.3 is 24.8 Å². The van der Waals surface area contributed by atoms with Crippen LogP contribution in [0.1, 0.15) is 18.1 Å². The van der Waals surface area contributed by atoms with Crippen LogP contribution in [0.4, 0.5) is 4.79 Å². The molecule has 2 aromatic carbocycles. The van der Waals surface area contributed by atoms with Crippen LogP contribution >= 0.6 is 0 Å². The smallest absolute Gasteiger partial charge is 0.329 e. The third kappa shape index (κ3) is 7.11. The minimum absolute atomic E-state index is 0.0311. The summed E-state index contributed by atoms with van der Waals surface area (Å²) in [7, 11) is 0. The largest absolute Gasteiger partial charge is 0.480 e. The molecule has 1 fully saturated rings. The van der Waals surface area contributed by atoms with Crippen LogP contribution in [0, 0.1) is 0 Å². The summed E-state index contributed by atoms with van der Waals surface area (Å²) in [5, 5.41) is 12.2. The highest BCUT2D eigenvalue weighted by Gasteiger charge is 2.38. The Morgan fingerprint density at radius 2 is 1.54 bits per heavy atom. The number of nitrogens with one attached hydrogen (secondary N) is 1. The summed E-state index contributed by atoms with van der Waals surface area (Å²) in [6.45, 7) is 2.40. The van der Waals surface area contributed by atoms with Gasteiger partial charge in [-0.2, -0.15) is 0 Å². The van der Waals surface area contributed by atoms with Crippen molar-refractivity contribution >= 4 is 23.8 Å². The molecule has 3 rings (SSSR count). The Morgan fingerprint density at radius 1 is 0.943 bits per heavy atom. The molecule has 0 saturated carbocycles. The molecule has 1 saturated heterocycles. The Bertz CT molecular complexity index is 1020. The minimum Gasteiger partial charge on any atom is -0.480 e. The van der Waals surface area contributed by atoms with Crippen LogP contribution in [0.25, 0.3) is 0 Å². The van der Waals surface area contributed by atoms with Crippen LogP contribution in [0.5, 0.6) is 0 Å². The van der Waals surface area contributed by atoms with Gasteiger partial charge in [-0.15, -0.1) is 0 Å². The summed E-state index contributed by atoms with van der Waals surface area (Å²) in [5.41, 5.74) is 1.70. The number of carboxylic acid groups (broad SMARTS) is 1. The third-order valence-corrected chi connectivity index (χ3v) is 5.55. The Labute approximate surface area is 203 Å². The van der Waals surface area contributed by atoms with Gasteiger partial charge in [-0.3, -0.25) is 14.5 Å². The SMILES string of the molecule is CCN1CCN(C(=O)NC(C(=O)O)[C@@H](COCc2ccccc2)OCc2ccccc2)C(=O)C1=O. The zero-order chi connectivity index (χ0) is 25.2. The Morgan fingerprint density at radius 3 is 2.11 bits per heavy atom. The number of ether oxygens (including phenoxy) is 2. The molecule has 35 heavy (non-hydrogen) atoms. The average Bonchev–Trinajstić information content (AvgIpc) is 2.87. The first-order chi connectivity index (χ1) is 16.9. The lowest BCUT2D eigenvalue weighted by molar-refractivity contribution is -0.154. The van der Waals surface area contributed by atoms with E-state index in [0.29, 0.717) is 6.54 Å². The number of nitrogens with zero attached hydrogens (tertiary/aromatic N) is 2. The first kappa shape index (κ1) is 25.9. The van der Waals surface area contributed by atoms with Crippen molar-refractivity contribution in [3.8, 4) is 0 Å². The molecule has 2 aromatic rings.